The topological polar surface area (TPSA) is 57.5 Å². The van der Waals surface area contributed by atoms with Crippen LogP contribution in [0.4, 0.5) is 0 Å². The number of rotatable bonds is 10. The highest BCUT2D eigenvalue weighted by molar-refractivity contribution is 5.93. The maximum Gasteiger partial charge on any atom is 0.158 e. The molecule has 0 aromatic heterocycles. The Morgan fingerprint density at radius 1 is 1.00 bits per heavy atom. The molecule has 4 rings (SSSR count). The Balaban J connectivity index is 1.29. The third kappa shape index (κ3) is 4.85. The van der Waals surface area contributed by atoms with Crippen LogP contribution in [0.25, 0.3) is 0 Å². The zero-order valence-corrected chi connectivity index (χ0v) is 20.9. The first-order valence-electron chi connectivity index (χ1n) is 14.0. The maximum atomic E-state index is 12.9. The highest BCUT2D eigenvalue weighted by Crippen LogP contribution is 2.64. The van der Waals surface area contributed by atoms with Crippen LogP contribution in [0.3, 0.4) is 0 Å². The first-order valence-corrected chi connectivity index (χ1v) is 14.0. The van der Waals surface area contributed by atoms with Crippen LogP contribution in [-0.4, -0.2) is 28.2 Å². The van der Waals surface area contributed by atoms with E-state index in [0.717, 1.165) is 57.8 Å². The molecule has 4 aliphatic rings. The Morgan fingerprint density at radius 3 is 2.39 bits per heavy atom. The predicted molar refractivity (Wildman–Crippen MR) is 133 cm³/mol. The lowest BCUT2D eigenvalue weighted by atomic mass is 9.50. The number of fused-ring (bicyclic) bond motifs is 5. The first-order chi connectivity index (χ1) is 15.9. The van der Waals surface area contributed by atoms with Crippen molar-refractivity contribution in [2.24, 2.45) is 35.0 Å². The second-order valence-electron chi connectivity index (χ2n) is 12.0. The van der Waals surface area contributed by atoms with Gasteiger partial charge in [-0.05, 0) is 87.5 Å². The van der Waals surface area contributed by atoms with Gasteiger partial charge in [0.25, 0.3) is 0 Å². The minimum absolute atomic E-state index is 0.133. The number of allylic oxidation sites excluding steroid dienone is 1. The number of hydrogen-bond donors (Lipinski definition) is 2. The summed E-state index contributed by atoms with van der Waals surface area (Å²) < 4.78 is 0. The van der Waals surface area contributed by atoms with E-state index in [9.17, 15) is 9.90 Å². The fourth-order valence-corrected chi connectivity index (χ4v) is 8.33. The van der Waals surface area contributed by atoms with E-state index in [-0.39, 0.29) is 11.3 Å². The molecular weight excluding hydrogens is 408 g/mol. The van der Waals surface area contributed by atoms with Crippen LogP contribution in [0, 0.1) is 47.3 Å². The monoisotopic (exact) mass is 454 g/mol. The lowest BCUT2D eigenvalue weighted by Crippen LogP contribution is -2.52. The minimum Gasteiger partial charge on any atom is -0.396 e. The van der Waals surface area contributed by atoms with Crippen LogP contribution in [0.2, 0.25) is 0 Å². The summed E-state index contributed by atoms with van der Waals surface area (Å²) in [6.45, 7) is 2.58. The van der Waals surface area contributed by atoms with Crippen molar-refractivity contribution in [1.82, 2.24) is 0 Å². The summed E-state index contributed by atoms with van der Waals surface area (Å²) in [5.74, 6) is 5.86. The number of carbonyl (C=O) groups is 1. The van der Waals surface area contributed by atoms with Gasteiger partial charge in [0.05, 0.1) is 0 Å². The van der Waals surface area contributed by atoms with Gasteiger partial charge in [-0.25, -0.2) is 0 Å². The smallest absolute Gasteiger partial charge is 0.158 e. The highest BCUT2D eigenvalue weighted by Gasteiger charge is 2.62. The molecule has 0 aromatic rings. The van der Waals surface area contributed by atoms with E-state index in [4.69, 9.17) is 11.5 Å². The maximum absolute atomic E-state index is 12.9. The Bertz CT molecular complexity index is 763. The van der Waals surface area contributed by atoms with E-state index in [1.807, 2.05) is 0 Å². The summed E-state index contributed by atoms with van der Waals surface area (Å²) in [7, 11) is 0. The lowest BCUT2D eigenvalue weighted by molar-refractivity contribution is -0.121. The average molecular weight is 455 g/mol. The fraction of sp³-hybridized carbons (Fsp3) is 0.833. The van der Waals surface area contributed by atoms with E-state index in [2.05, 4.69) is 18.9 Å². The van der Waals surface area contributed by atoms with Crippen molar-refractivity contribution in [3.63, 3.8) is 0 Å². The van der Waals surface area contributed by atoms with Crippen LogP contribution < -0.4 is 0 Å². The van der Waals surface area contributed by atoms with Crippen molar-refractivity contribution in [2.45, 2.75) is 115 Å². The highest BCUT2D eigenvalue weighted by atomic mass is 16.3. The normalized spacial score (nSPS) is 39.9. The van der Waals surface area contributed by atoms with Crippen LogP contribution >= 0.6 is 0 Å². The van der Waals surface area contributed by atoms with Crippen molar-refractivity contribution in [2.75, 3.05) is 6.61 Å². The molecule has 184 valence electrons. The molecule has 0 spiro atoms. The standard InChI is InChI=1S/C30H46O3/c1-3-30(33)18-16-27-25-14-13-22-21-28(32)23(12-10-8-6-4-5-7-9-11-19-31)20-26(22)24(25)15-17-29(27,30)2/h1,21,23-27,31,33H,4-20H2,2H3/t23?,24-,25+,26-,27-,29-,30-/m0/s1. The van der Waals surface area contributed by atoms with E-state index in [1.54, 1.807) is 0 Å². The largest absolute Gasteiger partial charge is 0.396 e. The fourth-order valence-electron chi connectivity index (χ4n) is 8.33. The van der Waals surface area contributed by atoms with E-state index in [0.29, 0.717) is 36.1 Å². The average Bonchev–Trinajstić information content (AvgIpc) is 3.09. The minimum atomic E-state index is -0.928. The van der Waals surface area contributed by atoms with Crippen LogP contribution in [0.1, 0.15) is 110 Å². The lowest BCUT2D eigenvalue weighted by Gasteiger charge is -2.55. The Hall–Kier alpha value is -1.11. The summed E-state index contributed by atoms with van der Waals surface area (Å²) in [5, 5.41) is 20.0. The van der Waals surface area contributed by atoms with Crippen molar-refractivity contribution < 1.29 is 15.0 Å². The predicted octanol–water partition coefficient (Wildman–Crippen LogP) is 6.22. The van der Waals surface area contributed by atoms with Gasteiger partial charge in [-0.1, -0.05) is 63.4 Å². The second-order valence-corrected chi connectivity index (χ2v) is 12.0. The van der Waals surface area contributed by atoms with Crippen molar-refractivity contribution in [1.29, 1.82) is 0 Å². The Labute approximate surface area is 201 Å². The summed E-state index contributed by atoms with van der Waals surface area (Å²) in [5.41, 5.74) is 0.378. The molecule has 3 fully saturated rings. The summed E-state index contributed by atoms with van der Waals surface area (Å²) in [6.07, 6.45) is 25.8. The molecule has 3 heteroatoms. The number of aliphatic hydroxyl groups is 2. The van der Waals surface area contributed by atoms with Gasteiger partial charge in [-0.3, -0.25) is 4.79 Å². The Kier molecular flexibility index (Phi) is 8.07. The molecule has 7 atom stereocenters. The molecule has 33 heavy (non-hydrogen) atoms. The molecule has 0 bridgehead atoms. The number of terminal acetylenes is 1. The molecule has 0 saturated heterocycles. The number of aliphatic hydroxyl groups excluding tert-OH is 1. The molecule has 0 aliphatic heterocycles. The van der Waals surface area contributed by atoms with Gasteiger partial charge in [-0.15, -0.1) is 6.42 Å². The van der Waals surface area contributed by atoms with Gasteiger partial charge in [0.15, 0.2) is 5.78 Å². The molecule has 0 radical (unpaired) electrons. The van der Waals surface area contributed by atoms with E-state index in [1.165, 1.54) is 50.5 Å². The zero-order chi connectivity index (χ0) is 23.5. The van der Waals surface area contributed by atoms with Crippen molar-refractivity contribution in [3.05, 3.63) is 11.6 Å². The quantitative estimate of drug-likeness (QED) is 0.304. The van der Waals surface area contributed by atoms with Gasteiger partial charge < -0.3 is 10.2 Å². The summed E-state index contributed by atoms with van der Waals surface area (Å²) in [6, 6.07) is 0. The molecular formula is C30H46O3. The van der Waals surface area contributed by atoms with Crippen LogP contribution in [0.15, 0.2) is 11.6 Å². The molecule has 3 saturated carbocycles. The van der Waals surface area contributed by atoms with Crippen molar-refractivity contribution in [3.8, 4) is 12.3 Å². The molecule has 0 heterocycles. The molecule has 2 N–H and O–H groups in total. The molecule has 4 aliphatic carbocycles. The van der Waals surface area contributed by atoms with Gasteiger partial charge in [0.1, 0.15) is 5.60 Å². The summed E-state index contributed by atoms with van der Waals surface area (Å²) in [4.78, 5) is 12.9. The van der Waals surface area contributed by atoms with Crippen LogP contribution in [-0.2, 0) is 4.79 Å². The van der Waals surface area contributed by atoms with Crippen molar-refractivity contribution >= 4 is 5.78 Å². The molecule has 0 amide bonds. The third-order valence-corrected chi connectivity index (χ3v) is 10.4. The van der Waals surface area contributed by atoms with Gasteiger partial charge in [0, 0.05) is 17.9 Å². The number of ketones is 1. The second kappa shape index (κ2) is 10.7. The van der Waals surface area contributed by atoms with Gasteiger partial charge in [0.2, 0.25) is 0 Å². The molecule has 0 aromatic carbocycles. The molecule has 1 unspecified atom stereocenters. The van der Waals surface area contributed by atoms with E-state index >= 15 is 0 Å². The Morgan fingerprint density at radius 2 is 1.70 bits per heavy atom. The van der Waals surface area contributed by atoms with Gasteiger partial charge >= 0.3 is 0 Å². The third-order valence-electron chi connectivity index (χ3n) is 10.4. The zero-order valence-electron chi connectivity index (χ0n) is 20.9. The van der Waals surface area contributed by atoms with Crippen LogP contribution in [0.5, 0.6) is 0 Å². The number of unbranched alkanes of at least 4 members (excludes halogenated alkanes) is 7. The SMILES string of the molecule is C#C[C@]1(O)CC[C@H]2[C@@H]3CCC4=CC(=O)C(CCCCCCCCCCO)C[C@@H]4[C@H]3CC[C@@]21C. The molecule has 3 nitrogen and oxygen atoms in total. The summed E-state index contributed by atoms with van der Waals surface area (Å²) >= 11 is 0. The van der Waals surface area contributed by atoms with E-state index < -0.39 is 5.60 Å². The number of carbonyl (C=O) groups excluding carboxylic acids is 1. The number of hydrogen-bond acceptors (Lipinski definition) is 3. The first kappa shape index (κ1) is 25.0. The van der Waals surface area contributed by atoms with Gasteiger partial charge in [-0.2, -0.15) is 0 Å².